The number of H-pyrrole nitrogens is 1. The van der Waals surface area contributed by atoms with Crippen molar-refractivity contribution < 1.29 is 9.47 Å². The van der Waals surface area contributed by atoms with E-state index < -0.39 is 0 Å². The molecule has 0 spiro atoms. The molecule has 0 aromatic carbocycles. The summed E-state index contributed by atoms with van der Waals surface area (Å²) < 4.78 is 11.7. The third kappa shape index (κ3) is 3.01. The Morgan fingerprint density at radius 3 is 3.37 bits per heavy atom. The molecule has 1 aliphatic heterocycles. The molecule has 1 saturated heterocycles. The van der Waals surface area contributed by atoms with E-state index >= 15 is 0 Å². The summed E-state index contributed by atoms with van der Waals surface area (Å²) in [6.07, 6.45) is 0.0744. The summed E-state index contributed by atoms with van der Waals surface area (Å²) in [5.74, 6) is 0.555. The third-order valence-electron chi connectivity index (χ3n) is 2.91. The number of aromatic amines is 1. The number of rotatable bonds is 4. The Labute approximate surface area is 113 Å². The fourth-order valence-corrected chi connectivity index (χ4v) is 2.73. The summed E-state index contributed by atoms with van der Waals surface area (Å²) in [6.45, 7) is 3.19. The molecule has 7 heteroatoms. The van der Waals surface area contributed by atoms with E-state index in [0.29, 0.717) is 30.3 Å². The van der Waals surface area contributed by atoms with Crippen LogP contribution < -0.4 is 10.9 Å². The van der Waals surface area contributed by atoms with Gasteiger partial charge in [0.15, 0.2) is 0 Å². The van der Waals surface area contributed by atoms with Crippen LogP contribution in [0.15, 0.2) is 16.2 Å². The predicted octanol–water partition coefficient (Wildman–Crippen LogP) is 0.490. The first-order valence-corrected chi connectivity index (χ1v) is 7.07. The monoisotopic (exact) mass is 281 g/mol. The quantitative estimate of drug-likeness (QED) is 0.853. The van der Waals surface area contributed by atoms with Crippen LogP contribution >= 0.6 is 11.3 Å². The number of hydrogen-bond donors (Lipinski definition) is 2. The molecule has 19 heavy (non-hydrogen) atoms. The van der Waals surface area contributed by atoms with Crippen LogP contribution in [0.5, 0.6) is 0 Å². The molecule has 2 N–H and O–H groups in total. The third-order valence-corrected chi connectivity index (χ3v) is 3.81. The lowest BCUT2D eigenvalue weighted by Crippen LogP contribution is -2.41. The Bertz CT molecular complexity index is 604. The minimum absolute atomic E-state index is 0.0744. The summed E-state index contributed by atoms with van der Waals surface area (Å²) >= 11 is 1.39. The van der Waals surface area contributed by atoms with Gasteiger partial charge in [-0.25, -0.2) is 4.98 Å². The van der Waals surface area contributed by atoms with Crippen LogP contribution in [0.4, 0.5) is 0 Å². The highest BCUT2D eigenvalue weighted by atomic mass is 32.1. The van der Waals surface area contributed by atoms with Crippen molar-refractivity contribution in [3.05, 3.63) is 27.6 Å². The molecule has 3 rings (SSSR count). The molecule has 2 aromatic heterocycles. The largest absolute Gasteiger partial charge is 0.373 e. The molecule has 102 valence electrons. The van der Waals surface area contributed by atoms with E-state index in [0.717, 1.165) is 18.6 Å². The molecule has 0 amide bonds. The number of thiophene rings is 1. The average molecular weight is 281 g/mol. The Morgan fingerprint density at radius 2 is 2.53 bits per heavy atom. The van der Waals surface area contributed by atoms with Gasteiger partial charge in [0.05, 0.1) is 24.8 Å². The number of nitrogens with one attached hydrogen (secondary N) is 2. The van der Waals surface area contributed by atoms with Crippen LogP contribution in [0.3, 0.4) is 0 Å². The lowest BCUT2D eigenvalue weighted by molar-refractivity contribution is -0.0368. The van der Waals surface area contributed by atoms with Gasteiger partial charge in [-0.2, -0.15) is 0 Å². The van der Waals surface area contributed by atoms with Crippen LogP contribution in [0.2, 0.25) is 0 Å². The second kappa shape index (κ2) is 5.79. The van der Waals surface area contributed by atoms with Gasteiger partial charge in [0.2, 0.25) is 0 Å². The van der Waals surface area contributed by atoms with E-state index in [1.807, 2.05) is 11.4 Å². The first-order chi connectivity index (χ1) is 9.33. The van der Waals surface area contributed by atoms with E-state index in [1.54, 1.807) is 0 Å². The number of fused-ring (bicyclic) bond motifs is 1. The SMILES string of the molecule is O=c1[nH]c(COCC2CNCCO2)nc2ccsc12. The van der Waals surface area contributed by atoms with E-state index in [-0.39, 0.29) is 11.7 Å². The number of hydrogen-bond acceptors (Lipinski definition) is 6. The Kier molecular flexibility index (Phi) is 3.88. The highest BCUT2D eigenvalue weighted by Crippen LogP contribution is 2.13. The van der Waals surface area contributed by atoms with Gasteiger partial charge < -0.3 is 19.8 Å². The molecule has 0 saturated carbocycles. The molecular weight excluding hydrogens is 266 g/mol. The molecule has 1 unspecified atom stereocenters. The van der Waals surface area contributed by atoms with E-state index in [4.69, 9.17) is 9.47 Å². The molecule has 0 bridgehead atoms. The molecular formula is C12H15N3O3S. The van der Waals surface area contributed by atoms with Gasteiger partial charge in [0, 0.05) is 13.1 Å². The van der Waals surface area contributed by atoms with Crippen molar-refractivity contribution in [1.82, 2.24) is 15.3 Å². The smallest absolute Gasteiger partial charge is 0.268 e. The first-order valence-electron chi connectivity index (χ1n) is 6.19. The summed E-state index contributed by atoms with van der Waals surface area (Å²) in [4.78, 5) is 18.8. The van der Waals surface area contributed by atoms with Gasteiger partial charge in [-0.1, -0.05) is 0 Å². The maximum Gasteiger partial charge on any atom is 0.268 e. The van der Waals surface area contributed by atoms with Crippen LogP contribution in [0, 0.1) is 0 Å². The van der Waals surface area contributed by atoms with E-state index in [9.17, 15) is 4.79 Å². The van der Waals surface area contributed by atoms with E-state index in [2.05, 4.69) is 15.3 Å². The summed E-state index contributed by atoms with van der Waals surface area (Å²) in [6, 6.07) is 1.84. The zero-order valence-electron chi connectivity index (χ0n) is 10.3. The summed E-state index contributed by atoms with van der Waals surface area (Å²) in [7, 11) is 0. The van der Waals surface area contributed by atoms with Crippen LogP contribution in [-0.4, -0.2) is 42.4 Å². The average Bonchev–Trinajstić information content (AvgIpc) is 2.89. The Hall–Kier alpha value is -1.28. The van der Waals surface area contributed by atoms with Crippen molar-refractivity contribution >= 4 is 21.6 Å². The van der Waals surface area contributed by atoms with Crippen molar-refractivity contribution in [3.63, 3.8) is 0 Å². The second-order valence-corrected chi connectivity index (χ2v) is 5.28. The normalized spacial score (nSPS) is 19.9. The van der Waals surface area contributed by atoms with Crippen molar-refractivity contribution in [2.45, 2.75) is 12.7 Å². The second-order valence-electron chi connectivity index (χ2n) is 4.36. The topological polar surface area (TPSA) is 76.2 Å². The minimum Gasteiger partial charge on any atom is -0.373 e. The molecule has 1 fully saturated rings. The minimum atomic E-state index is -0.103. The van der Waals surface area contributed by atoms with Crippen molar-refractivity contribution in [2.24, 2.45) is 0 Å². The molecule has 2 aromatic rings. The van der Waals surface area contributed by atoms with Gasteiger partial charge >= 0.3 is 0 Å². The van der Waals surface area contributed by atoms with E-state index in [1.165, 1.54) is 11.3 Å². The molecule has 3 heterocycles. The van der Waals surface area contributed by atoms with Gasteiger partial charge in [0.25, 0.3) is 5.56 Å². The fourth-order valence-electron chi connectivity index (χ4n) is 2.00. The Morgan fingerprint density at radius 1 is 1.58 bits per heavy atom. The maximum absolute atomic E-state index is 11.8. The summed E-state index contributed by atoms with van der Waals surface area (Å²) in [5, 5.41) is 5.10. The fraction of sp³-hybridized carbons (Fsp3) is 0.500. The highest BCUT2D eigenvalue weighted by Gasteiger charge is 2.13. The molecule has 0 radical (unpaired) electrons. The number of morpholine rings is 1. The van der Waals surface area contributed by atoms with Crippen molar-refractivity contribution in [3.8, 4) is 0 Å². The number of nitrogens with zero attached hydrogens (tertiary/aromatic N) is 1. The van der Waals surface area contributed by atoms with Crippen LogP contribution in [0.25, 0.3) is 10.2 Å². The zero-order chi connectivity index (χ0) is 13.1. The molecule has 1 atom stereocenters. The van der Waals surface area contributed by atoms with Crippen molar-refractivity contribution in [2.75, 3.05) is 26.3 Å². The maximum atomic E-state index is 11.8. The van der Waals surface area contributed by atoms with Gasteiger partial charge in [-0.15, -0.1) is 11.3 Å². The molecule has 6 nitrogen and oxygen atoms in total. The predicted molar refractivity (Wildman–Crippen MR) is 72.5 cm³/mol. The molecule has 1 aliphatic rings. The van der Waals surface area contributed by atoms with Crippen LogP contribution in [-0.2, 0) is 16.1 Å². The summed E-state index contributed by atoms with van der Waals surface area (Å²) in [5.41, 5.74) is 0.622. The highest BCUT2D eigenvalue weighted by molar-refractivity contribution is 7.17. The number of aromatic nitrogens is 2. The van der Waals surface area contributed by atoms with Gasteiger partial charge in [0.1, 0.15) is 17.1 Å². The Balaban J connectivity index is 1.60. The lowest BCUT2D eigenvalue weighted by Gasteiger charge is -2.23. The van der Waals surface area contributed by atoms with Crippen LogP contribution in [0.1, 0.15) is 5.82 Å². The lowest BCUT2D eigenvalue weighted by atomic mass is 10.3. The molecule has 0 aliphatic carbocycles. The number of ether oxygens (including phenoxy) is 2. The zero-order valence-corrected chi connectivity index (χ0v) is 11.2. The van der Waals surface area contributed by atoms with Gasteiger partial charge in [-0.3, -0.25) is 4.79 Å². The van der Waals surface area contributed by atoms with Gasteiger partial charge in [-0.05, 0) is 11.4 Å². The van der Waals surface area contributed by atoms with Crippen molar-refractivity contribution in [1.29, 1.82) is 0 Å². The first kappa shape index (κ1) is 12.7. The standard InChI is InChI=1S/C12H15N3O3S/c16-12-11-9(1-4-19-11)14-10(15-12)7-17-6-8-5-13-2-3-18-8/h1,4,8,13H,2-3,5-7H2,(H,14,15,16).